The van der Waals surface area contributed by atoms with E-state index in [4.69, 9.17) is 9.73 Å². The van der Waals surface area contributed by atoms with Gasteiger partial charge in [-0.2, -0.15) is 0 Å². The zero-order chi connectivity index (χ0) is 17.4. The quantitative estimate of drug-likeness (QED) is 0.476. The van der Waals surface area contributed by atoms with Gasteiger partial charge in [-0.25, -0.2) is 0 Å². The summed E-state index contributed by atoms with van der Waals surface area (Å²) >= 11 is 0. The molecule has 5 heteroatoms. The Morgan fingerprint density at radius 1 is 1.21 bits per heavy atom. The normalized spacial score (nSPS) is 26.3. The van der Waals surface area contributed by atoms with E-state index in [0.29, 0.717) is 6.61 Å². The van der Waals surface area contributed by atoms with E-state index in [-0.39, 0.29) is 11.9 Å². The van der Waals surface area contributed by atoms with Crippen molar-refractivity contribution in [1.29, 1.82) is 0 Å². The van der Waals surface area contributed by atoms with Crippen LogP contribution in [0.15, 0.2) is 4.99 Å². The summed E-state index contributed by atoms with van der Waals surface area (Å²) in [6, 6.07) is 0. The van der Waals surface area contributed by atoms with Gasteiger partial charge in [0.05, 0.1) is 12.5 Å². The molecule has 2 unspecified atom stereocenters. The third-order valence-electron chi connectivity index (χ3n) is 5.29. The lowest BCUT2D eigenvalue weighted by Crippen LogP contribution is -2.47. The summed E-state index contributed by atoms with van der Waals surface area (Å²) in [6.07, 6.45) is 7.09. The van der Waals surface area contributed by atoms with Crippen LogP contribution in [-0.2, 0) is 9.53 Å². The lowest BCUT2D eigenvalue weighted by atomic mass is 9.82. The Hall–Kier alpha value is -1.26. The van der Waals surface area contributed by atoms with Crippen LogP contribution in [0.1, 0.15) is 59.3 Å². The Morgan fingerprint density at radius 2 is 1.96 bits per heavy atom. The Kier molecular flexibility index (Phi) is 7.86. The standard InChI is InChI=1S/C19H35N3O2/c1-4-20-19(21-14-16-8-6-7-15(3)13-16)22-11-9-17(10-12-22)18(23)24-5-2/h15-17H,4-14H2,1-3H3,(H,20,21). The van der Waals surface area contributed by atoms with Crippen LogP contribution in [0.5, 0.6) is 0 Å². The average molecular weight is 338 g/mol. The number of carbonyl (C=O) groups excluding carboxylic acids is 1. The third-order valence-corrected chi connectivity index (χ3v) is 5.29. The summed E-state index contributed by atoms with van der Waals surface area (Å²) < 4.78 is 5.16. The van der Waals surface area contributed by atoms with Gasteiger partial charge in [0.2, 0.25) is 0 Å². The van der Waals surface area contributed by atoms with E-state index in [0.717, 1.165) is 56.8 Å². The van der Waals surface area contributed by atoms with E-state index in [2.05, 4.69) is 24.1 Å². The summed E-state index contributed by atoms with van der Waals surface area (Å²) in [5.41, 5.74) is 0. The molecule has 1 aliphatic heterocycles. The molecule has 2 aliphatic rings. The van der Waals surface area contributed by atoms with E-state index >= 15 is 0 Å². The van der Waals surface area contributed by atoms with Crippen molar-refractivity contribution in [2.24, 2.45) is 22.7 Å². The van der Waals surface area contributed by atoms with Crippen LogP contribution in [0.3, 0.4) is 0 Å². The topological polar surface area (TPSA) is 53.9 Å². The van der Waals surface area contributed by atoms with Crippen molar-refractivity contribution >= 4 is 11.9 Å². The first kappa shape index (κ1) is 19.1. The first-order chi connectivity index (χ1) is 11.6. The molecule has 1 saturated carbocycles. The molecule has 0 aromatic rings. The Labute approximate surface area is 147 Å². The summed E-state index contributed by atoms with van der Waals surface area (Å²) in [5, 5.41) is 3.43. The van der Waals surface area contributed by atoms with Crippen molar-refractivity contribution in [2.45, 2.75) is 59.3 Å². The molecule has 24 heavy (non-hydrogen) atoms. The fourth-order valence-corrected chi connectivity index (χ4v) is 3.95. The zero-order valence-electron chi connectivity index (χ0n) is 15.7. The molecule has 1 N–H and O–H groups in total. The first-order valence-corrected chi connectivity index (χ1v) is 9.83. The number of guanidine groups is 1. The molecule has 2 rings (SSSR count). The number of ether oxygens (including phenoxy) is 1. The monoisotopic (exact) mass is 337 g/mol. The SMILES string of the molecule is CCNC(=NCC1CCCC(C)C1)N1CCC(C(=O)OCC)CC1. The van der Waals surface area contributed by atoms with Gasteiger partial charge in [-0.15, -0.1) is 0 Å². The third kappa shape index (κ3) is 5.67. The van der Waals surface area contributed by atoms with Crippen LogP contribution >= 0.6 is 0 Å². The van der Waals surface area contributed by atoms with Gasteiger partial charge in [-0.3, -0.25) is 9.79 Å². The molecule has 5 nitrogen and oxygen atoms in total. The molecule has 138 valence electrons. The molecule has 0 radical (unpaired) electrons. The molecule has 0 aromatic heterocycles. The highest BCUT2D eigenvalue weighted by Crippen LogP contribution is 2.28. The second-order valence-electron chi connectivity index (χ2n) is 7.35. The zero-order valence-corrected chi connectivity index (χ0v) is 15.7. The van der Waals surface area contributed by atoms with E-state index in [1.165, 1.54) is 25.7 Å². The highest BCUT2D eigenvalue weighted by Gasteiger charge is 2.27. The molecule has 2 atom stereocenters. The van der Waals surface area contributed by atoms with Crippen LogP contribution in [0.25, 0.3) is 0 Å². The fourth-order valence-electron chi connectivity index (χ4n) is 3.95. The maximum atomic E-state index is 11.9. The molecule has 0 spiro atoms. The Bertz CT molecular complexity index is 417. The maximum absolute atomic E-state index is 11.9. The first-order valence-electron chi connectivity index (χ1n) is 9.83. The van der Waals surface area contributed by atoms with E-state index in [1.807, 2.05) is 6.92 Å². The van der Waals surface area contributed by atoms with Gasteiger partial charge in [-0.05, 0) is 51.4 Å². The fraction of sp³-hybridized carbons (Fsp3) is 0.895. The highest BCUT2D eigenvalue weighted by molar-refractivity contribution is 5.80. The van der Waals surface area contributed by atoms with Crippen molar-refractivity contribution in [3.8, 4) is 0 Å². The van der Waals surface area contributed by atoms with Gasteiger partial charge >= 0.3 is 5.97 Å². The van der Waals surface area contributed by atoms with Crippen molar-refractivity contribution in [3.63, 3.8) is 0 Å². The Morgan fingerprint density at radius 3 is 2.58 bits per heavy atom. The van der Waals surface area contributed by atoms with Gasteiger partial charge in [0.25, 0.3) is 0 Å². The number of likely N-dealkylation sites (tertiary alicyclic amines) is 1. The predicted octanol–water partition coefficient (Wildman–Crippen LogP) is 3.05. The average Bonchev–Trinajstić information content (AvgIpc) is 2.59. The number of nitrogens with zero attached hydrogens (tertiary/aromatic N) is 2. The van der Waals surface area contributed by atoms with Gasteiger partial charge in [0.15, 0.2) is 5.96 Å². The molecule has 2 fully saturated rings. The minimum atomic E-state index is -0.0321. The number of nitrogens with one attached hydrogen (secondary N) is 1. The van der Waals surface area contributed by atoms with Crippen LogP contribution < -0.4 is 5.32 Å². The number of hydrogen-bond donors (Lipinski definition) is 1. The molecule has 1 aliphatic carbocycles. The molecular formula is C19H35N3O2. The lowest BCUT2D eigenvalue weighted by Gasteiger charge is -2.34. The molecule has 0 amide bonds. The van der Waals surface area contributed by atoms with Gasteiger partial charge in [0, 0.05) is 26.2 Å². The van der Waals surface area contributed by atoms with Crippen LogP contribution in [0.4, 0.5) is 0 Å². The van der Waals surface area contributed by atoms with E-state index in [9.17, 15) is 4.79 Å². The smallest absolute Gasteiger partial charge is 0.309 e. The second-order valence-corrected chi connectivity index (χ2v) is 7.35. The summed E-state index contributed by atoms with van der Waals surface area (Å²) in [6.45, 7) is 10.4. The molecule has 0 aromatic carbocycles. The van der Waals surface area contributed by atoms with Crippen molar-refractivity contribution < 1.29 is 9.53 Å². The minimum absolute atomic E-state index is 0.0321. The van der Waals surface area contributed by atoms with E-state index < -0.39 is 0 Å². The number of esters is 1. The second kappa shape index (κ2) is 9.90. The summed E-state index contributed by atoms with van der Waals surface area (Å²) in [5.74, 6) is 2.64. The van der Waals surface area contributed by atoms with Gasteiger partial charge < -0.3 is 15.0 Å². The van der Waals surface area contributed by atoms with Gasteiger partial charge in [0.1, 0.15) is 0 Å². The van der Waals surface area contributed by atoms with E-state index in [1.54, 1.807) is 0 Å². The van der Waals surface area contributed by atoms with Gasteiger partial charge in [-0.1, -0.05) is 19.8 Å². The molecule has 0 bridgehead atoms. The van der Waals surface area contributed by atoms with Crippen LogP contribution in [-0.4, -0.2) is 49.6 Å². The minimum Gasteiger partial charge on any atom is -0.466 e. The summed E-state index contributed by atoms with van der Waals surface area (Å²) in [7, 11) is 0. The van der Waals surface area contributed by atoms with Crippen molar-refractivity contribution in [2.75, 3.05) is 32.8 Å². The molecule has 1 heterocycles. The van der Waals surface area contributed by atoms with Crippen LogP contribution in [0.2, 0.25) is 0 Å². The number of piperidine rings is 1. The number of aliphatic imine (C=N–C) groups is 1. The molecule has 1 saturated heterocycles. The largest absolute Gasteiger partial charge is 0.466 e. The lowest BCUT2D eigenvalue weighted by molar-refractivity contribution is -0.149. The highest BCUT2D eigenvalue weighted by atomic mass is 16.5. The Balaban J connectivity index is 1.86. The predicted molar refractivity (Wildman–Crippen MR) is 98.0 cm³/mol. The van der Waals surface area contributed by atoms with Crippen LogP contribution in [0, 0.1) is 17.8 Å². The van der Waals surface area contributed by atoms with Crippen molar-refractivity contribution in [3.05, 3.63) is 0 Å². The number of carbonyl (C=O) groups is 1. The summed E-state index contributed by atoms with van der Waals surface area (Å²) in [4.78, 5) is 19.1. The maximum Gasteiger partial charge on any atom is 0.309 e. The number of hydrogen-bond acceptors (Lipinski definition) is 3. The molecular weight excluding hydrogens is 302 g/mol. The number of rotatable bonds is 5. The van der Waals surface area contributed by atoms with Crippen molar-refractivity contribution in [1.82, 2.24) is 10.2 Å².